The largest absolute Gasteiger partial charge is 0.497 e. The molecule has 0 saturated carbocycles. The summed E-state index contributed by atoms with van der Waals surface area (Å²) in [5.41, 5.74) is 1.53. The lowest BCUT2D eigenvalue weighted by Crippen LogP contribution is -2.19. The molecule has 6 heteroatoms. The van der Waals surface area contributed by atoms with Crippen molar-refractivity contribution in [3.63, 3.8) is 0 Å². The number of amides is 1. The van der Waals surface area contributed by atoms with Crippen LogP contribution < -0.4 is 9.75 Å². The normalized spacial score (nSPS) is 14.6. The van der Waals surface area contributed by atoms with E-state index in [4.69, 9.17) is 4.74 Å². The highest BCUT2D eigenvalue weighted by atomic mass is 16.5. The van der Waals surface area contributed by atoms with Gasteiger partial charge in [-0.25, -0.2) is 9.99 Å². The first-order valence-electron chi connectivity index (χ1n) is 6.25. The number of benzene rings is 1. The molecule has 0 spiro atoms. The molecule has 2 aromatic rings. The van der Waals surface area contributed by atoms with E-state index in [1.165, 1.54) is 5.01 Å². The van der Waals surface area contributed by atoms with Gasteiger partial charge in [-0.2, -0.15) is 5.10 Å². The average molecular weight is 270 g/mol. The number of anilines is 1. The van der Waals surface area contributed by atoms with Crippen molar-refractivity contribution in [2.75, 3.05) is 12.1 Å². The molecular weight excluding hydrogens is 256 g/mol. The molecule has 0 atom stereocenters. The summed E-state index contributed by atoms with van der Waals surface area (Å²) in [5, 5.41) is 5.81. The lowest BCUT2D eigenvalue weighted by molar-refractivity contribution is -0.116. The zero-order chi connectivity index (χ0) is 13.9. The van der Waals surface area contributed by atoms with E-state index in [-0.39, 0.29) is 5.91 Å². The number of methoxy groups -OCH3 is 1. The summed E-state index contributed by atoms with van der Waals surface area (Å²) < 4.78 is 7.05. The Bertz CT molecular complexity index is 649. The van der Waals surface area contributed by atoms with Gasteiger partial charge < -0.3 is 9.30 Å². The van der Waals surface area contributed by atoms with Crippen LogP contribution in [0.3, 0.4) is 0 Å². The van der Waals surface area contributed by atoms with E-state index in [0.29, 0.717) is 18.7 Å². The molecular formula is C14H14N4O2. The lowest BCUT2D eigenvalue weighted by atomic mass is 10.2. The predicted octanol–water partition coefficient (Wildman–Crippen LogP) is 1.68. The third kappa shape index (κ3) is 2.40. The summed E-state index contributed by atoms with van der Waals surface area (Å²) in [4.78, 5) is 16.0. The van der Waals surface area contributed by atoms with E-state index in [9.17, 15) is 4.79 Å². The molecule has 20 heavy (non-hydrogen) atoms. The van der Waals surface area contributed by atoms with Crippen molar-refractivity contribution in [1.82, 2.24) is 9.55 Å². The van der Waals surface area contributed by atoms with E-state index < -0.39 is 0 Å². The number of rotatable bonds is 4. The lowest BCUT2D eigenvalue weighted by Gasteiger charge is -2.12. The second kappa shape index (κ2) is 5.16. The zero-order valence-corrected chi connectivity index (χ0v) is 11.1. The highest BCUT2D eigenvalue weighted by molar-refractivity contribution is 6.12. The van der Waals surface area contributed by atoms with Crippen molar-refractivity contribution in [2.45, 2.75) is 13.0 Å². The van der Waals surface area contributed by atoms with Gasteiger partial charge >= 0.3 is 0 Å². The second-order valence-electron chi connectivity index (χ2n) is 4.49. The monoisotopic (exact) mass is 270 g/mol. The van der Waals surface area contributed by atoms with E-state index in [1.807, 2.05) is 29.0 Å². The van der Waals surface area contributed by atoms with Gasteiger partial charge in [0.15, 0.2) is 0 Å². The minimum Gasteiger partial charge on any atom is -0.497 e. The Morgan fingerprint density at radius 1 is 1.40 bits per heavy atom. The number of imidazole rings is 1. The fraction of sp³-hybridized carbons (Fsp3) is 0.214. The summed E-state index contributed by atoms with van der Waals surface area (Å²) in [5.74, 6) is 0.668. The van der Waals surface area contributed by atoms with E-state index in [0.717, 1.165) is 11.4 Å². The highest BCUT2D eigenvalue weighted by Crippen LogP contribution is 2.24. The van der Waals surface area contributed by atoms with E-state index in [1.54, 1.807) is 25.7 Å². The van der Waals surface area contributed by atoms with Crippen molar-refractivity contribution in [3.05, 3.63) is 43.0 Å². The second-order valence-corrected chi connectivity index (χ2v) is 4.49. The maximum atomic E-state index is 12.1. The van der Waals surface area contributed by atoms with Gasteiger partial charge in [-0.1, -0.05) is 6.07 Å². The third-order valence-electron chi connectivity index (χ3n) is 3.06. The fourth-order valence-electron chi connectivity index (χ4n) is 2.10. The first-order chi connectivity index (χ1) is 9.76. The van der Waals surface area contributed by atoms with Crippen LogP contribution in [-0.2, 0) is 11.3 Å². The maximum absolute atomic E-state index is 12.1. The number of ether oxygens (including phenoxy) is 1. The van der Waals surface area contributed by atoms with Crippen LogP contribution in [0.4, 0.5) is 5.69 Å². The van der Waals surface area contributed by atoms with Gasteiger partial charge in [-0.05, 0) is 12.1 Å². The van der Waals surface area contributed by atoms with Gasteiger partial charge in [-0.3, -0.25) is 4.79 Å². The van der Waals surface area contributed by atoms with Gasteiger partial charge in [0, 0.05) is 18.5 Å². The molecule has 3 rings (SSSR count). The van der Waals surface area contributed by atoms with Crippen LogP contribution in [0.15, 0.2) is 48.1 Å². The zero-order valence-electron chi connectivity index (χ0n) is 11.1. The molecule has 102 valence electrons. The SMILES string of the molecule is COc1cccc(N2N=C(Cn3ccnc3)CC2=O)c1. The van der Waals surface area contributed by atoms with Gasteiger partial charge in [0.1, 0.15) is 5.75 Å². The molecule has 0 unspecified atom stereocenters. The smallest absolute Gasteiger partial charge is 0.253 e. The standard InChI is InChI=1S/C14H14N4O2/c1-20-13-4-2-3-12(8-13)18-14(19)7-11(16-18)9-17-6-5-15-10-17/h2-6,8,10H,7,9H2,1H3. The summed E-state index contributed by atoms with van der Waals surface area (Å²) in [6, 6.07) is 7.30. The molecule has 0 aliphatic carbocycles. The highest BCUT2D eigenvalue weighted by Gasteiger charge is 2.25. The van der Waals surface area contributed by atoms with E-state index >= 15 is 0 Å². The topological polar surface area (TPSA) is 59.7 Å². The van der Waals surface area contributed by atoms with Gasteiger partial charge in [0.2, 0.25) is 0 Å². The van der Waals surface area contributed by atoms with Crippen LogP contribution in [0, 0.1) is 0 Å². The molecule has 6 nitrogen and oxygen atoms in total. The van der Waals surface area contributed by atoms with Gasteiger partial charge in [0.05, 0.1) is 37.8 Å². The maximum Gasteiger partial charge on any atom is 0.253 e. The summed E-state index contributed by atoms with van der Waals surface area (Å²) in [6.07, 6.45) is 5.59. The number of hydrogen-bond acceptors (Lipinski definition) is 4. The summed E-state index contributed by atoms with van der Waals surface area (Å²) >= 11 is 0. The molecule has 1 aromatic heterocycles. The Kier molecular flexibility index (Phi) is 3.20. The van der Waals surface area contributed by atoms with Crippen molar-refractivity contribution in [3.8, 4) is 5.75 Å². The molecule has 1 aliphatic rings. The van der Waals surface area contributed by atoms with Gasteiger partial charge in [-0.15, -0.1) is 0 Å². The molecule has 0 N–H and O–H groups in total. The Labute approximate surface area is 116 Å². The molecule has 1 aliphatic heterocycles. The molecule has 1 amide bonds. The molecule has 0 saturated heterocycles. The molecule has 0 radical (unpaired) electrons. The number of hydrazone groups is 1. The average Bonchev–Trinajstić information content (AvgIpc) is 3.09. The molecule has 2 heterocycles. The van der Waals surface area contributed by atoms with Crippen LogP contribution in [0.1, 0.15) is 6.42 Å². The number of carbonyl (C=O) groups is 1. The van der Waals surface area contributed by atoms with Crippen LogP contribution >= 0.6 is 0 Å². The minimum absolute atomic E-state index is 0.0339. The van der Waals surface area contributed by atoms with Crippen molar-refractivity contribution >= 4 is 17.3 Å². The molecule has 0 bridgehead atoms. The first-order valence-corrected chi connectivity index (χ1v) is 6.25. The van der Waals surface area contributed by atoms with Crippen molar-refractivity contribution < 1.29 is 9.53 Å². The van der Waals surface area contributed by atoms with Crippen molar-refractivity contribution in [1.29, 1.82) is 0 Å². The number of carbonyl (C=O) groups excluding carboxylic acids is 1. The first kappa shape index (κ1) is 12.4. The van der Waals surface area contributed by atoms with Crippen molar-refractivity contribution in [2.24, 2.45) is 5.10 Å². The van der Waals surface area contributed by atoms with Crippen LogP contribution in [-0.4, -0.2) is 28.3 Å². The summed E-state index contributed by atoms with van der Waals surface area (Å²) in [6.45, 7) is 0.576. The Hall–Kier alpha value is -2.63. The quantitative estimate of drug-likeness (QED) is 0.849. The van der Waals surface area contributed by atoms with E-state index in [2.05, 4.69) is 10.1 Å². The molecule has 0 fully saturated rings. The predicted molar refractivity (Wildman–Crippen MR) is 74.8 cm³/mol. The fourth-order valence-corrected chi connectivity index (χ4v) is 2.10. The van der Waals surface area contributed by atoms with Gasteiger partial charge in [0.25, 0.3) is 5.91 Å². The third-order valence-corrected chi connectivity index (χ3v) is 3.06. The number of nitrogens with zero attached hydrogens (tertiary/aromatic N) is 4. The molecule has 1 aromatic carbocycles. The van der Waals surface area contributed by atoms with Crippen LogP contribution in [0.25, 0.3) is 0 Å². The van der Waals surface area contributed by atoms with Crippen LogP contribution in [0.2, 0.25) is 0 Å². The Morgan fingerprint density at radius 3 is 3.05 bits per heavy atom. The number of aromatic nitrogens is 2. The Balaban J connectivity index is 1.82. The number of hydrogen-bond donors (Lipinski definition) is 0. The van der Waals surface area contributed by atoms with Crippen LogP contribution in [0.5, 0.6) is 5.75 Å². The minimum atomic E-state index is -0.0339. The Morgan fingerprint density at radius 2 is 2.30 bits per heavy atom. The summed E-state index contributed by atoms with van der Waals surface area (Å²) in [7, 11) is 1.60.